The summed E-state index contributed by atoms with van der Waals surface area (Å²) in [5, 5.41) is 8.06. The molecule has 3 nitrogen and oxygen atoms in total. The van der Waals surface area contributed by atoms with Crippen LogP contribution >= 0.6 is 11.8 Å². The summed E-state index contributed by atoms with van der Waals surface area (Å²) >= 11 is 1.84. The fourth-order valence-corrected chi connectivity index (χ4v) is 2.49. The highest BCUT2D eigenvalue weighted by atomic mass is 32.2. The second-order valence-corrected chi connectivity index (χ2v) is 4.65. The third-order valence-corrected chi connectivity index (χ3v) is 3.43. The molecular weight excluding hydrogens is 182 g/mol. The van der Waals surface area contributed by atoms with Crippen LogP contribution in [-0.2, 0) is 0 Å². The van der Waals surface area contributed by atoms with Crippen LogP contribution in [0.25, 0.3) is 0 Å². The Hall–Kier alpha value is -0.220. The lowest BCUT2D eigenvalue weighted by Gasteiger charge is -2.23. The zero-order valence-corrected chi connectivity index (χ0v) is 8.70. The smallest absolute Gasteiger partial charge is 0.156 e. The molecule has 2 aliphatic rings. The van der Waals surface area contributed by atoms with Crippen molar-refractivity contribution in [3.8, 4) is 0 Å². The molecule has 13 heavy (non-hydrogen) atoms. The number of aliphatic imine (C=N–C) groups is 1. The molecule has 0 saturated carbocycles. The van der Waals surface area contributed by atoms with Crippen molar-refractivity contribution in [2.24, 2.45) is 4.99 Å². The summed E-state index contributed by atoms with van der Waals surface area (Å²) in [6, 6.07) is 0.664. The standard InChI is InChI=1S/C9H17N3S/c1-2-4-10-8(3-1)7-12-9-11-5-6-13-9/h8,10H,1-7H2,(H,11,12). The van der Waals surface area contributed by atoms with E-state index in [0.717, 1.165) is 24.0 Å². The molecule has 0 amide bonds. The zero-order chi connectivity index (χ0) is 8.93. The average molecular weight is 199 g/mol. The van der Waals surface area contributed by atoms with Crippen molar-refractivity contribution in [1.82, 2.24) is 10.6 Å². The molecule has 0 aromatic rings. The van der Waals surface area contributed by atoms with E-state index < -0.39 is 0 Å². The van der Waals surface area contributed by atoms with E-state index in [1.807, 2.05) is 11.8 Å². The normalized spacial score (nSPS) is 28.6. The van der Waals surface area contributed by atoms with E-state index in [4.69, 9.17) is 0 Å². The van der Waals surface area contributed by atoms with E-state index in [1.54, 1.807) is 0 Å². The summed E-state index contributed by atoms with van der Waals surface area (Å²) in [6.07, 6.45) is 4.02. The molecule has 1 saturated heterocycles. The molecule has 0 radical (unpaired) electrons. The van der Waals surface area contributed by atoms with Gasteiger partial charge in [-0.05, 0) is 19.4 Å². The Bertz CT molecular complexity index is 187. The van der Waals surface area contributed by atoms with Crippen LogP contribution in [0, 0.1) is 0 Å². The predicted octanol–water partition coefficient (Wildman–Crippen LogP) is 0.821. The van der Waals surface area contributed by atoms with Gasteiger partial charge in [-0.15, -0.1) is 0 Å². The number of nitrogens with one attached hydrogen (secondary N) is 2. The van der Waals surface area contributed by atoms with Crippen molar-refractivity contribution in [2.45, 2.75) is 25.3 Å². The Balaban J connectivity index is 1.66. The van der Waals surface area contributed by atoms with Crippen LogP contribution in [0.3, 0.4) is 0 Å². The quantitative estimate of drug-likeness (QED) is 0.691. The summed E-state index contributed by atoms with van der Waals surface area (Å²) in [5.41, 5.74) is 0. The van der Waals surface area contributed by atoms with Gasteiger partial charge in [-0.25, -0.2) is 0 Å². The van der Waals surface area contributed by atoms with E-state index in [9.17, 15) is 0 Å². The molecule has 2 aliphatic heterocycles. The third-order valence-electron chi connectivity index (χ3n) is 2.50. The minimum absolute atomic E-state index is 0.664. The number of amidine groups is 1. The largest absolute Gasteiger partial charge is 0.363 e. The highest BCUT2D eigenvalue weighted by molar-refractivity contribution is 8.14. The van der Waals surface area contributed by atoms with Gasteiger partial charge in [0, 0.05) is 18.3 Å². The number of thioether (sulfide) groups is 1. The molecule has 0 aromatic heterocycles. The minimum Gasteiger partial charge on any atom is -0.363 e. The van der Waals surface area contributed by atoms with Crippen molar-refractivity contribution < 1.29 is 0 Å². The topological polar surface area (TPSA) is 36.4 Å². The zero-order valence-electron chi connectivity index (χ0n) is 7.88. The van der Waals surface area contributed by atoms with Gasteiger partial charge in [0.1, 0.15) is 0 Å². The first-order chi connectivity index (χ1) is 6.45. The summed E-state index contributed by atoms with van der Waals surface area (Å²) in [7, 11) is 0. The minimum atomic E-state index is 0.664. The van der Waals surface area contributed by atoms with Crippen molar-refractivity contribution >= 4 is 16.9 Å². The van der Waals surface area contributed by atoms with Crippen LogP contribution in [0.15, 0.2) is 4.99 Å². The Labute approximate surface area is 83.8 Å². The molecule has 0 spiro atoms. The maximum absolute atomic E-state index is 4.36. The van der Waals surface area contributed by atoms with Crippen LogP contribution in [0.4, 0.5) is 0 Å². The molecule has 0 aromatic carbocycles. The van der Waals surface area contributed by atoms with Gasteiger partial charge in [-0.1, -0.05) is 18.2 Å². The highest BCUT2D eigenvalue weighted by Gasteiger charge is 2.13. The number of hydrogen-bond donors (Lipinski definition) is 2. The first kappa shape index (κ1) is 9.34. The van der Waals surface area contributed by atoms with E-state index in [2.05, 4.69) is 15.6 Å². The van der Waals surface area contributed by atoms with Crippen LogP contribution in [-0.4, -0.2) is 36.6 Å². The molecule has 4 heteroatoms. The van der Waals surface area contributed by atoms with Gasteiger partial charge in [-0.3, -0.25) is 4.99 Å². The van der Waals surface area contributed by atoms with Crippen molar-refractivity contribution in [2.75, 3.05) is 25.4 Å². The molecule has 1 unspecified atom stereocenters. The molecule has 0 bridgehead atoms. The monoisotopic (exact) mass is 199 g/mol. The molecule has 1 atom stereocenters. The molecular formula is C9H17N3S. The van der Waals surface area contributed by atoms with E-state index in [-0.39, 0.29) is 0 Å². The SMILES string of the molecule is C1CCC(CNC2=NCCS2)NC1. The van der Waals surface area contributed by atoms with Crippen LogP contribution in [0.2, 0.25) is 0 Å². The highest BCUT2D eigenvalue weighted by Crippen LogP contribution is 2.10. The Morgan fingerprint density at radius 1 is 1.54 bits per heavy atom. The number of hydrogen-bond acceptors (Lipinski definition) is 4. The van der Waals surface area contributed by atoms with Gasteiger partial charge >= 0.3 is 0 Å². The number of rotatable bonds is 2. The van der Waals surface area contributed by atoms with Crippen LogP contribution in [0.5, 0.6) is 0 Å². The molecule has 2 rings (SSSR count). The fraction of sp³-hybridized carbons (Fsp3) is 0.889. The maximum atomic E-state index is 4.36. The van der Waals surface area contributed by atoms with Gasteiger partial charge in [-0.2, -0.15) is 0 Å². The van der Waals surface area contributed by atoms with Crippen LogP contribution in [0.1, 0.15) is 19.3 Å². The molecule has 74 valence electrons. The summed E-state index contributed by atoms with van der Waals surface area (Å²) in [5.74, 6) is 1.15. The molecule has 0 aliphatic carbocycles. The van der Waals surface area contributed by atoms with Gasteiger partial charge in [0.15, 0.2) is 5.17 Å². The first-order valence-corrected chi connectivity index (χ1v) is 6.08. The maximum Gasteiger partial charge on any atom is 0.156 e. The lowest BCUT2D eigenvalue weighted by Crippen LogP contribution is -2.42. The molecule has 1 fully saturated rings. The fourth-order valence-electron chi connectivity index (χ4n) is 1.75. The van der Waals surface area contributed by atoms with Crippen molar-refractivity contribution in [3.63, 3.8) is 0 Å². The Morgan fingerprint density at radius 3 is 3.23 bits per heavy atom. The Morgan fingerprint density at radius 2 is 2.54 bits per heavy atom. The molecule has 2 N–H and O–H groups in total. The Kier molecular flexibility index (Phi) is 3.49. The summed E-state index contributed by atoms with van der Waals surface area (Å²) in [6.45, 7) is 3.23. The predicted molar refractivity (Wildman–Crippen MR) is 58.4 cm³/mol. The number of nitrogens with zero attached hydrogens (tertiary/aromatic N) is 1. The second kappa shape index (κ2) is 4.86. The van der Waals surface area contributed by atoms with E-state index >= 15 is 0 Å². The third kappa shape index (κ3) is 2.88. The lowest BCUT2D eigenvalue weighted by atomic mass is 10.1. The first-order valence-electron chi connectivity index (χ1n) is 5.09. The summed E-state index contributed by atoms with van der Waals surface area (Å²) < 4.78 is 0. The number of piperidine rings is 1. The van der Waals surface area contributed by atoms with Gasteiger partial charge in [0.2, 0.25) is 0 Å². The van der Waals surface area contributed by atoms with Gasteiger partial charge in [0.05, 0.1) is 6.54 Å². The van der Waals surface area contributed by atoms with Crippen LogP contribution < -0.4 is 10.6 Å². The molecule has 2 heterocycles. The van der Waals surface area contributed by atoms with E-state index in [1.165, 1.54) is 25.8 Å². The lowest BCUT2D eigenvalue weighted by molar-refractivity contribution is 0.399. The van der Waals surface area contributed by atoms with Gasteiger partial charge < -0.3 is 10.6 Å². The second-order valence-electron chi connectivity index (χ2n) is 3.56. The van der Waals surface area contributed by atoms with Crippen molar-refractivity contribution in [1.29, 1.82) is 0 Å². The van der Waals surface area contributed by atoms with Crippen molar-refractivity contribution in [3.05, 3.63) is 0 Å². The average Bonchev–Trinajstić information content (AvgIpc) is 2.69. The van der Waals surface area contributed by atoms with E-state index in [0.29, 0.717) is 6.04 Å². The summed E-state index contributed by atoms with van der Waals surface area (Å²) in [4.78, 5) is 4.36. The van der Waals surface area contributed by atoms with Gasteiger partial charge in [0.25, 0.3) is 0 Å².